The molecule has 1 amide bonds. The molecule has 0 fully saturated rings. The number of hydrogen-bond donors (Lipinski definition) is 1. The zero-order chi connectivity index (χ0) is 22.0. The molecule has 2 aromatic heterocycles. The fraction of sp³-hybridized carbons (Fsp3) is 0.478. The summed E-state index contributed by atoms with van der Waals surface area (Å²) in [6.07, 6.45) is 7.90. The van der Waals surface area contributed by atoms with Gasteiger partial charge in [0.2, 0.25) is 17.6 Å². The van der Waals surface area contributed by atoms with E-state index >= 15 is 0 Å². The van der Waals surface area contributed by atoms with Gasteiger partial charge in [-0.25, -0.2) is 4.79 Å². The van der Waals surface area contributed by atoms with Gasteiger partial charge in [0.25, 0.3) is 0 Å². The number of carbonyl (C=O) groups excluding carboxylic acids is 1. The van der Waals surface area contributed by atoms with Crippen molar-refractivity contribution in [2.24, 2.45) is 0 Å². The Bertz CT molecular complexity index is 1180. The third-order valence-electron chi connectivity index (χ3n) is 5.72. The van der Waals surface area contributed by atoms with E-state index in [-0.39, 0.29) is 24.2 Å². The Morgan fingerprint density at radius 2 is 2.10 bits per heavy atom. The minimum Gasteiger partial charge on any atom is -0.354 e. The topological polar surface area (TPSA) is 95.0 Å². The maximum absolute atomic E-state index is 13.1. The summed E-state index contributed by atoms with van der Waals surface area (Å²) in [5.74, 6) is 0.766. The Balaban J connectivity index is 1.59. The molecule has 1 aromatic carbocycles. The van der Waals surface area contributed by atoms with Gasteiger partial charge in [-0.3, -0.25) is 13.9 Å². The lowest BCUT2D eigenvalue weighted by Crippen LogP contribution is -2.34. The summed E-state index contributed by atoms with van der Waals surface area (Å²) in [6.45, 7) is 6.21. The van der Waals surface area contributed by atoms with Crippen LogP contribution in [0.4, 0.5) is 0 Å². The van der Waals surface area contributed by atoms with E-state index in [4.69, 9.17) is 4.52 Å². The van der Waals surface area contributed by atoms with Crippen LogP contribution in [0.15, 0.2) is 39.2 Å². The molecule has 4 rings (SSSR count). The highest BCUT2D eigenvalue weighted by molar-refractivity contribution is 5.84. The van der Waals surface area contributed by atoms with Gasteiger partial charge in [-0.1, -0.05) is 16.8 Å². The number of amides is 1. The van der Waals surface area contributed by atoms with Crippen LogP contribution in [0, 0.1) is 6.92 Å². The van der Waals surface area contributed by atoms with Crippen molar-refractivity contribution in [1.29, 1.82) is 0 Å². The van der Waals surface area contributed by atoms with E-state index < -0.39 is 0 Å². The minimum absolute atomic E-state index is 0.0250. The number of aryl methyl sites for hydroxylation is 1. The van der Waals surface area contributed by atoms with Crippen LogP contribution in [0.3, 0.4) is 0 Å². The van der Waals surface area contributed by atoms with Crippen molar-refractivity contribution >= 4 is 16.9 Å². The summed E-state index contributed by atoms with van der Waals surface area (Å²) < 4.78 is 8.32. The molecule has 2 heterocycles. The first kappa shape index (κ1) is 21.1. The first-order chi connectivity index (χ1) is 14.9. The number of hydrogen-bond acceptors (Lipinski definition) is 5. The number of fused-ring (bicyclic) bond motifs is 1. The Labute approximate surface area is 180 Å². The van der Waals surface area contributed by atoms with Crippen LogP contribution in [0.5, 0.6) is 0 Å². The molecule has 0 unspecified atom stereocenters. The molecule has 0 radical (unpaired) electrons. The van der Waals surface area contributed by atoms with Gasteiger partial charge in [0, 0.05) is 25.1 Å². The van der Waals surface area contributed by atoms with Crippen LogP contribution >= 0.6 is 0 Å². The first-order valence-corrected chi connectivity index (χ1v) is 10.9. The highest BCUT2D eigenvalue weighted by atomic mass is 16.5. The molecule has 31 heavy (non-hydrogen) atoms. The monoisotopic (exact) mass is 423 g/mol. The molecule has 0 aliphatic heterocycles. The Morgan fingerprint density at radius 1 is 1.26 bits per heavy atom. The van der Waals surface area contributed by atoms with Crippen molar-refractivity contribution < 1.29 is 9.32 Å². The number of allylic oxidation sites excluding steroid dienone is 1. The Hall–Kier alpha value is -3.16. The quantitative estimate of drug-likeness (QED) is 0.584. The molecular formula is C23H29N5O3. The largest absolute Gasteiger partial charge is 0.354 e. The molecular weight excluding hydrogens is 394 g/mol. The van der Waals surface area contributed by atoms with Gasteiger partial charge < -0.3 is 9.84 Å². The van der Waals surface area contributed by atoms with Crippen molar-refractivity contribution in [3.05, 3.63) is 46.2 Å². The van der Waals surface area contributed by atoms with E-state index in [0.29, 0.717) is 23.8 Å². The molecule has 3 aromatic rings. The highest BCUT2D eigenvalue weighted by Gasteiger charge is 2.19. The Kier molecular flexibility index (Phi) is 6.06. The number of aromatic nitrogens is 4. The average molecular weight is 424 g/mol. The summed E-state index contributed by atoms with van der Waals surface area (Å²) in [5, 5.41) is 6.94. The van der Waals surface area contributed by atoms with E-state index in [9.17, 15) is 9.59 Å². The number of carbonyl (C=O) groups is 1. The van der Waals surface area contributed by atoms with Crippen LogP contribution in [0.25, 0.3) is 22.4 Å². The lowest BCUT2D eigenvalue weighted by Gasteiger charge is -2.13. The van der Waals surface area contributed by atoms with E-state index in [1.54, 1.807) is 11.5 Å². The van der Waals surface area contributed by atoms with Crippen molar-refractivity contribution in [3.63, 3.8) is 0 Å². The van der Waals surface area contributed by atoms with Crippen LogP contribution in [-0.4, -0.2) is 31.7 Å². The molecule has 1 aliphatic rings. The van der Waals surface area contributed by atoms with Crippen LogP contribution in [-0.2, 0) is 11.3 Å². The molecule has 8 heteroatoms. The van der Waals surface area contributed by atoms with Gasteiger partial charge in [0.15, 0.2) is 0 Å². The smallest absolute Gasteiger partial charge is 0.329 e. The molecule has 8 nitrogen and oxygen atoms in total. The number of imidazole rings is 1. The predicted molar refractivity (Wildman–Crippen MR) is 119 cm³/mol. The van der Waals surface area contributed by atoms with Gasteiger partial charge in [0.05, 0.1) is 11.0 Å². The van der Waals surface area contributed by atoms with Crippen LogP contribution < -0.4 is 11.0 Å². The molecule has 164 valence electrons. The predicted octanol–water partition coefficient (Wildman–Crippen LogP) is 3.75. The standard InChI is InChI=1S/C23H29N5O3/c1-15(2)28-19-10-9-18(22-25-16(3)31-26-22)13-20(19)27(23(28)30)14-21(29)24-12-11-17-7-5-4-6-8-17/h7,9-10,13,15H,4-6,8,11-12,14H2,1-3H3,(H,24,29). The van der Waals surface area contributed by atoms with E-state index in [2.05, 4.69) is 21.5 Å². The number of rotatable bonds is 7. The third kappa shape index (κ3) is 4.47. The second kappa shape index (κ2) is 8.91. The summed E-state index contributed by atoms with van der Waals surface area (Å²) in [5.41, 5.74) is 3.42. The van der Waals surface area contributed by atoms with Crippen LogP contribution in [0.1, 0.15) is 57.9 Å². The van der Waals surface area contributed by atoms with E-state index in [1.807, 2.05) is 32.0 Å². The fourth-order valence-corrected chi connectivity index (χ4v) is 4.18. The number of nitrogens with one attached hydrogen (secondary N) is 1. The van der Waals surface area contributed by atoms with Gasteiger partial charge in [0.1, 0.15) is 6.54 Å². The lowest BCUT2D eigenvalue weighted by molar-refractivity contribution is -0.121. The van der Waals surface area contributed by atoms with Crippen molar-refractivity contribution in [2.75, 3.05) is 6.54 Å². The van der Waals surface area contributed by atoms with Gasteiger partial charge in [-0.15, -0.1) is 0 Å². The number of nitrogens with zero attached hydrogens (tertiary/aromatic N) is 4. The summed E-state index contributed by atoms with van der Waals surface area (Å²) in [4.78, 5) is 30.0. The van der Waals surface area contributed by atoms with Crippen molar-refractivity contribution in [3.8, 4) is 11.4 Å². The molecule has 1 aliphatic carbocycles. The first-order valence-electron chi connectivity index (χ1n) is 10.9. The molecule has 0 bridgehead atoms. The van der Waals surface area contributed by atoms with Gasteiger partial charge in [-0.05, 0) is 64.2 Å². The van der Waals surface area contributed by atoms with Crippen molar-refractivity contribution in [1.82, 2.24) is 24.6 Å². The SMILES string of the molecule is Cc1nc(-c2ccc3c(c2)n(CC(=O)NCCC2=CCCCC2)c(=O)n3C(C)C)no1. The molecule has 0 atom stereocenters. The zero-order valence-corrected chi connectivity index (χ0v) is 18.4. The molecule has 0 saturated heterocycles. The number of benzene rings is 1. The fourth-order valence-electron chi connectivity index (χ4n) is 4.18. The summed E-state index contributed by atoms with van der Waals surface area (Å²) >= 11 is 0. The minimum atomic E-state index is -0.198. The second-order valence-corrected chi connectivity index (χ2v) is 8.38. The third-order valence-corrected chi connectivity index (χ3v) is 5.72. The lowest BCUT2D eigenvalue weighted by atomic mass is 9.97. The van der Waals surface area contributed by atoms with Crippen LogP contribution in [0.2, 0.25) is 0 Å². The molecule has 1 N–H and O–H groups in total. The zero-order valence-electron chi connectivity index (χ0n) is 18.4. The normalized spacial score (nSPS) is 14.3. The summed E-state index contributed by atoms with van der Waals surface area (Å²) in [7, 11) is 0. The maximum atomic E-state index is 13.1. The molecule has 0 spiro atoms. The van der Waals surface area contributed by atoms with E-state index in [0.717, 1.165) is 30.3 Å². The average Bonchev–Trinajstić information content (AvgIpc) is 3.30. The van der Waals surface area contributed by atoms with Crippen molar-refractivity contribution in [2.45, 2.75) is 65.5 Å². The highest BCUT2D eigenvalue weighted by Crippen LogP contribution is 2.24. The Morgan fingerprint density at radius 3 is 2.77 bits per heavy atom. The van der Waals surface area contributed by atoms with Gasteiger partial charge >= 0.3 is 5.69 Å². The van der Waals surface area contributed by atoms with Gasteiger partial charge in [-0.2, -0.15) is 4.98 Å². The maximum Gasteiger partial charge on any atom is 0.329 e. The second-order valence-electron chi connectivity index (χ2n) is 8.38. The molecule has 0 saturated carbocycles. The van der Waals surface area contributed by atoms with E-state index in [1.165, 1.54) is 23.0 Å². The summed E-state index contributed by atoms with van der Waals surface area (Å²) in [6, 6.07) is 5.56.